The lowest BCUT2D eigenvalue weighted by atomic mass is 10.2. The van der Waals surface area contributed by atoms with Gasteiger partial charge in [0, 0.05) is 6.54 Å². The molecule has 0 unspecified atom stereocenters. The Balaban J connectivity index is 1.57. The lowest BCUT2D eigenvalue weighted by Gasteiger charge is -2.22. The molecule has 31 heavy (non-hydrogen) atoms. The number of amides is 1. The van der Waals surface area contributed by atoms with Gasteiger partial charge in [0.05, 0.1) is 24.2 Å². The molecule has 0 radical (unpaired) electrons. The summed E-state index contributed by atoms with van der Waals surface area (Å²) in [5.74, 6) is 0.183. The van der Waals surface area contributed by atoms with Gasteiger partial charge in [0.2, 0.25) is 15.9 Å². The summed E-state index contributed by atoms with van der Waals surface area (Å²) in [5, 5.41) is 2.88. The van der Waals surface area contributed by atoms with Crippen molar-refractivity contribution >= 4 is 15.9 Å². The first kappa shape index (κ1) is 23.5. The summed E-state index contributed by atoms with van der Waals surface area (Å²) in [6.07, 6.45) is 7.43. The highest BCUT2D eigenvalue weighted by Crippen LogP contribution is 2.19. The number of benzene rings is 1. The van der Waals surface area contributed by atoms with Crippen LogP contribution in [0, 0.1) is 6.92 Å². The summed E-state index contributed by atoms with van der Waals surface area (Å²) < 4.78 is 32.8. The molecule has 0 spiro atoms. The van der Waals surface area contributed by atoms with E-state index in [-0.39, 0.29) is 23.9 Å². The maximum Gasteiger partial charge on any atom is 0.243 e. The van der Waals surface area contributed by atoms with Crippen LogP contribution < -0.4 is 5.32 Å². The van der Waals surface area contributed by atoms with Crippen LogP contribution in [-0.2, 0) is 21.4 Å². The van der Waals surface area contributed by atoms with Gasteiger partial charge in [-0.2, -0.15) is 4.31 Å². The number of sulfonamides is 1. The molecule has 3 rings (SSSR count). The molecule has 2 heterocycles. The van der Waals surface area contributed by atoms with Gasteiger partial charge >= 0.3 is 0 Å². The normalized spacial score (nSPS) is 15.7. The highest BCUT2D eigenvalue weighted by atomic mass is 32.2. The van der Waals surface area contributed by atoms with E-state index in [1.807, 2.05) is 6.92 Å². The van der Waals surface area contributed by atoms with Crippen molar-refractivity contribution in [3.63, 3.8) is 0 Å². The number of rotatable bonds is 10. The molecule has 170 valence electrons. The minimum absolute atomic E-state index is 0.00437. The molecule has 0 atom stereocenters. The van der Waals surface area contributed by atoms with E-state index in [0.717, 1.165) is 31.6 Å². The molecule has 1 fully saturated rings. The van der Waals surface area contributed by atoms with Crippen LogP contribution in [0.5, 0.6) is 0 Å². The SMILES string of the molecule is Cc1ccc(S(=O)(=O)N(CC(=O)NCCCN2CCCCCC2)Cc2ccco2)cc1. The van der Waals surface area contributed by atoms with Crippen LogP contribution in [0.15, 0.2) is 52.0 Å². The van der Waals surface area contributed by atoms with Crippen LogP contribution in [0.25, 0.3) is 0 Å². The number of hydrogen-bond donors (Lipinski definition) is 1. The van der Waals surface area contributed by atoms with Gasteiger partial charge in [-0.05, 0) is 70.1 Å². The largest absolute Gasteiger partial charge is 0.468 e. The second kappa shape index (κ2) is 11.5. The van der Waals surface area contributed by atoms with Gasteiger partial charge in [0.1, 0.15) is 5.76 Å². The zero-order valence-corrected chi connectivity index (χ0v) is 19.1. The Bertz CT molecular complexity index is 903. The molecule has 0 saturated carbocycles. The first-order valence-electron chi connectivity index (χ1n) is 11.0. The first-order valence-corrected chi connectivity index (χ1v) is 12.5. The van der Waals surface area contributed by atoms with E-state index in [1.165, 1.54) is 36.3 Å². The van der Waals surface area contributed by atoms with Crippen molar-refractivity contribution in [2.24, 2.45) is 0 Å². The van der Waals surface area contributed by atoms with Gasteiger partial charge in [0.15, 0.2) is 0 Å². The molecule has 1 aromatic heterocycles. The predicted molar refractivity (Wildman–Crippen MR) is 120 cm³/mol. The highest BCUT2D eigenvalue weighted by Gasteiger charge is 2.27. The highest BCUT2D eigenvalue weighted by molar-refractivity contribution is 7.89. The molecule has 1 aromatic carbocycles. The predicted octanol–water partition coefficient (Wildman–Crippen LogP) is 3.16. The Morgan fingerprint density at radius 3 is 2.45 bits per heavy atom. The van der Waals surface area contributed by atoms with Gasteiger partial charge < -0.3 is 14.6 Å². The zero-order valence-electron chi connectivity index (χ0n) is 18.3. The molecule has 1 aliphatic heterocycles. The lowest BCUT2D eigenvalue weighted by molar-refractivity contribution is -0.121. The Hall–Kier alpha value is -2.16. The quantitative estimate of drug-likeness (QED) is 0.566. The number of likely N-dealkylation sites (tertiary alicyclic amines) is 1. The molecule has 7 nitrogen and oxygen atoms in total. The number of nitrogens with one attached hydrogen (secondary N) is 1. The number of furan rings is 1. The second-order valence-electron chi connectivity index (χ2n) is 8.12. The van der Waals surface area contributed by atoms with Crippen molar-refractivity contribution in [3.8, 4) is 0 Å². The molecule has 1 N–H and O–H groups in total. The number of hydrogen-bond acceptors (Lipinski definition) is 5. The Morgan fingerprint density at radius 1 is 1.10 bits per heavy atom. The molecule has 1 aliphatic rings. The molecule has 8 heteroatoms. The van der Waals surface area contributed by atoms with E-state index in [0.29, 0.717) is 12.3 Å². The average Bonchev–Trinajstić information content (AvgIpc) is 3.12. The van der Waals surface area contributed by atoms with E-state index in [4.69, 9.17) is 4.42 Å². The summed E-state index contributed by atoms with van der Waals surface area (Å²) in [6, 6.07) is 10.0. The maximum atomic E-state index is 13.2. The first-order chi connectivity index (χ1) is 14.9. The summed E-state index contributed by atoms with van der Waals surface area (Å²) >= 11 is 0. The fourth-order valence-electron chi connectivity index (χ4n) is 3.77. The van der Waals surface area contributed by atoms with Crippen LogP contribution in [0.1, 0.15) is 43.4 Å². The fourth-order valence-corrected chi connectivity index (χ4v) is 5.13. The number of nitrogens with zero attached hydrogens (tertiary/aromatic N) is 2. The van der Waals surface area contributed by atoms with Crippen molar-refractivity contribution in [1.29, 1.82) is 0 Å². The molecule has 2 aromatic rings. The van der Waals surface area contributed by atoms with Crippen molar-refractivity contribution in [2.45, 2.75) is 50.5 Å². The van der Waals surface area contributed by atoms with E-state index in [2.05, 4.69) is 10.2 Å². The fraction of sp³-hybridized carbons (Fsp3) is 0.522. The van der Waals surface area contributed by atoms with E-state index in [1.54, 1.807) is 36.4 Å². The topological polar surface area (TPSA) is 82.9 Å². The number of aryl methyl sites for hydroxylation is 1. The monoisotopic (exact) mass is 447 g/mol. The average molecular weight is 448 g/mol. The third-order valence-electron chi connectivity index (χ3n) is 5.56. The Labute approximate surface area is 185 Å². The van der Waals surface area contributed by atoms with Crippen LogP contribution >= 0.6 is 0 Å². The van der Waals surface area contributed by atoms with Crippen molar-refractivity contribution in [2.75, 3.05) is 32.7 Å². The minimum Gasteiger partial charge on any atom is -0.468 e. The van der Waals surface area contributed by atoms with Gasteiger partial charge in [0.25, 0.3) is 0 Å². The lowest BCUT2D eigenvalue weighted by Crippen LogP contribution is -2.41. The molecule has 1 saturated heterocycles. The molecule has 0 aliphatic carbocycles. The summed E-state index contributed by atoms with van der Waals surface area (Å²) in [5.41, 5.74) is 0.971. The maximum absolute atomic E-state index is 13.2. The molecule has 1 amide bonds. The third-order valence-corrected chi connectivity index (χ3v) is 7.37. The number of carbonyl (C=O) groups excluding carboxylic acids is 1. The molecular weight excluding hydrogens is 414 g/mol. The molecule has 0 bridgehead atoms. The number of carbonyl (C=O) groups is 1. The summed E-state index contributed by atoms with van der Waals surface area (Å²) in [4.78, 5) is 15.2. The van der Waals surface area contributed by atoms with E-state index < -0.39 is 10.0 Å². The van der Waals surface area contributed by atoms with Crippen molar-refractivity contribution < 1.29 is 17.6 Å². The van der Waals surface area contributed by atoms with E-state index >= 15 is 0 Å². The van der Waals surface area contributed by atoms with Gasteiger partial charge in [-0.15, -0.1) is 0 Å². The van der Waals surface area contributed by atoms with Crippen molar-refractivity contribution in [3.05, 3.63) is 54.0 Å². The minimum atomic E-state index is -3.84. The Morgan fingerprint density at radius 2 is 1.81 bits per heavy atom. The molecular formula is C23H33N3O4S. The zero-order chi connectivity index (χ0) is 22.1. The third kappa shape index (κ3) is 7.19. The Kier molecular flexibility index (Phi) is 8.69. The van der Waals surface area contributed by atoms with Crippen LogP contribution in [0.3, 0.4) is 0 Å². The van der Waals surface area contributed by atoms with Crippen LogP contribution in [-0.4, -0.2) is 56.3 Å². The standard InChI is InChI=1S/C23H33N3O4S/c1-20-9-11-22(12-10-20)31(28,29)26(18-21-8-6-17-30-21)19-23(27)24-13-7-16-25-14-4-2-3-5-15-25/h6,8-12,17H,2-5,7,13-16,18-19H2,1H3,(H,24,27). The summed E-state index contributed by atoms with van der Waals surface area (Å²) in [7, 11) is -3.84. The van der Waals surface area contributed by atoms with Crippen LogP contribution in [0.4, 0.5) is 0 Å². The second-order valence-corrected chi connectivity index (χ2v) is 10.1. The van der Waals surface area contributed by atoms with Crippen LogP contribution in [0.2, 0.25) is 0 Å². The van der Waals surface area contributed by atoms with Gasteiger partial charge in [-0.1, -0.05) is 30.5 Å². The summed E-state index contributed by atoms with van der Waals surface area (Å²) in [6.45, 7) is 5.40. The van der Waals surface area contributed by atoms with Crippen molar-refractivity contribution in [1.82, 2.24) is 14.5 Å². The van der Waals surface area contributed by atoms with Gasteiger partial charge in [-0.3, -0.25) is 4.79 Å². The van der Waals surface area contributed by atoms with E-state index in [9.17, 15) is 13.2 Å². The van der Waals surface area contributed by atoms with Gasteiger partial charge in [-0.25, -0.2) is 8.42 Å². The smallest absolute Gasteiger partial charge is 0.243 e.